The molecule has 26 heavy (non-hydrogen) atoms. The van der Waals surface area contributed by atoms with Crippen LogP contribution >= 0.6 is 0 Å². The number of aryl methyl sites for hydroxylation is 2. The molecule has 0 bridgehead atoms. The molecule has 2 atom stereocenters. The van der Waals surface area contributed by atoms with Crippen molar-refractivity contribution in [3.8, 4) is 6.07 Å². The maximum absolute atomic E-state index is 12.5. The van der Waals surface area contributed by atoms with E-state index in [4.69, 9.17) is 10.00 Å². The van der Waals surface area contributed by atoms with Gasteiger partial charge in [0, 0.05) is 32.0 Å². The van der Waals surface area contributed by atoms with Crippen LogP contribution in [0, 0.1) is 18.3 Å². The Bertz CT molecular complexity index is 818. The fourth-order valence-corrected chi connectivity index (χ4v) is 3.51. The molecule has 0 aromatic carbocycles. The summed E-state index contributed by atoms with van der Waals surface area (Å²) >= 11 is 0. The molecule has 2 N–H and O–H groups in total. The van der Waals surface area contributed by atoms with Gasteiger partial charge in [-0.2, -0.15) is 10.4 Å². The van der Waals surface area contributed by atoms with E-state index in [1.54, 1.807) is 19.2 Å². The van der Waals surface area contributed by atoms with Crippen molar-refractivity contribution < 1.29 is 9.53 Å². The summed E-state index contributed by atoms with van der Waals surface area (Å²) in [6.45, 7) is 6.66. The predicted molar refractivity (Wildman–Crippen MR) is 95.5 cm³/mol. The molecule has 0 saturated carbocycles. The first kappa shape index (κ1) is 18.2. The predicted octanol–water partition coefficient (Wildman–Crippen LogP) is 1.12. The molecular formula is C18H24N6O2. The second kappa shape index (κ2) is 7.72. The maximum Gasteiger partial charge on any atom is 0.253 e. The Hall–Kier alpha value is -2.63. The number of hydrogen-bond acceptors (Lipinski definition) is 5. The van der Waals surface area contributed by atoms with Gasteiger partial charge >= 0.3 is 0 Å². The highest BCUT2D eigenvalue weighted by atomic mass is 16.5. The lowest BCUT2D eigenvalue weighted by atomic mass is 10.0. The second-order valence-corrected chi connectivity index (χ2v) is 6.41. The molecule has 1 aliphatic heterocycles. The fraction of sp³-hybridized carbons (Fsp3) is 0.500. The molecule has 0 spiro atoms. The first-order valence-corrected chi connectivity index (χ1v) is 8.76. The van der Waals surface area contributed by atoms with Gasteiger partial charge in [-0.15, -0.1) is 0 Å². The molecule has 1 aliphatic rings. The van der Waals surface area contributed by atoms with Crippen LogP contribution in [0.5, 0.6) is 0 Å². The standard InChI is InChI=1S/C18H24N6O2/c1-4-24-7-8-26-16(17(24)15-5-6-21-23(15)3)11-20-18(25)14-9-13(10-19)22-12(14)2/h5-6,9,16-17,22H,4,7-8,11H2,1-3H3,(H,20,25)/t16-,17-/m0/s1. The number of nitriles is 1. The van der Waals surface area contributed by atoms with Crippen LogP contribution in [-0.2, 0) is 11.8 Å². The first-order valence-electron chi connectivity index (χ1n) is 8.76. The number of likely N-dealkylation sites (N-methyl/N-ethyl adjacent to an activating group) is 1. The Labute approximate surface area is 152 Å². The van der Waals surface area contributed by atoms with Crippen molar-refractivity contribution in [2.24, 2.45) is 7.05 Å². The Kier molecular flexibility index (Phi) is 5.40. The van der Waals surface area contributed by atoms with Gasteiger partial charge in [0.2, 0.25) is 0 Å². The minimum Gasteiger partial charge on any atom is -0.373 e. The van der Waals surface area contributed by atoms with Gasteiger partial charge in [-0.3, -0.25) is 14.4 Å². The minimum absolute atomic E-state index is 0.0311. The van der Waals surface area contributed by atoms with Crippen LogP contribution in [0.4, 0.5) is 0 Å². The lowest BCUT2D eigenvalue weighted by molar-refractivity contribution is -0.0708. The Morgan fingerprint density at radius 2 is 2.38 bits per heavy atom. The lowest BCUT2D eigenvalue weighted by Gasteiger charge is -2.40. The average molecular weight is 356 g/mol. The minimum atomic E-state index is -0.207. The molecule has 8 heteroatoms. The molecule has 3 heterocycles. The van der Waals surface area contributed by atoms with Crippen molar-refractivity contribution in [2.45, 2.75) is 26.0 Å². The molecule has 8 nitrogen and oxygen atoms in total. The van der Waals surface area contributed by atoms with Gasteiger partial charge in [-0.25, -0.2) is 0 Å². The van der Waals surface area contributed by atoms with Gasteiger partial charge in [0.15, 0.2) is 0 Å². The summed E-state index contributed by atoms with van der Waals surface area (Å²) in [7, 11) is 1.92. The first-order chi connectivity index (χ1) is 12.5. The van der Waals surface area contributed by atoms with Crippen LogP contribution in [0.1, 0.15) is 40.4 Å². The van der Waals surface area contributed by atoms with Gasteiger partial charge < -0.3 is 15.0 Å². The van der Waals surface area contributed by atoms with E-state index in [-0.39, 0.29) is 18.1 Å². The monoisotopic (exact) mass is 356 g/mol. The number of morpholine rings is 1. The molecule has 2 aromatic rings. The third-order valence-electron chi connectivity index (χ3n) is 4.87. The van der Waals surface area contributed by atoms with E-state index in [9.17, 15) is 4.79 Å². The number of nitrogens with zero attached hydrogens (tertiary/aromatic N) is 4. The second-order valence-electron chi connectivity index (χ2n) is 6.41. The summed E-state index contributed by atoms with van der Waals surface area (Å²) in [5.74, 6) is -0.207. The van der Waals surface area contributed by atoms with Crippen LogP contribution in [0.2, 0.25) is 0 Å². The summed E-state index contributed by atoms with van der Waals surface area (Å²) in [5, 5.41) is 16.2. The van der Waals surface area contributed by atoms with Crippen molar-refractivity contribution in [3.05, 3.63) is 41.0 Å². The van der Waals surface area contributed by atoms with Crippen LogP contribution in [0.15, 0.2) is 18.3 Å². The molecule has 1 amide bonds. The highest BCUT2D eigenvalue weighted by Crippen LogP contribution is 2.28. The van der Waals surface area contributed by atoms with E-state index in [0.29, 0.717) is 30.1 Å². The number of aromatic amines is 1. The van der Waals surface area contributed by atoms with E-state index in [1.165, 1.54) is 0 Å². The van der Waals surface area contributed by atoms with Crippen molar-refractivity contribution in [3.63, 3.8) is 0 Å². The molecular weight excluding hydrogens is 332 g/mol. The van der Waals surface area contributed by atoms with E-state index in [1.807, 2.05) is 23.9 Å². The van der Waals surface area contributed by atoms with Gasteiger partial charge in [0.25, 0.3) is 5.91 Å². The zero-order valence-corrected chi connectivity index (χ0v) is 15.3. The molecule has 0 unspecified atom stereocenters. The Morgan fingerprint density at radius 3 is 3.00 bits per heavy atom. The largest absolute Gasteiger partial charge is 0.373 e. The van der Waals surface area contributed by atoms with Crippen molar-refractivity contribution in [2.75, 3.05) is 26.2 Å². The number of rotatable bonds is 5. The van der Waals surface area contributed by atoms with E-state index in [0.717, 1.165) is 18.8 Å². The molecule has 3 rings (SSSR count). The Balaban J connectivity index is 1.74. The average Bonchev–Trinajstić information content (AvgIpc) is 3.24. The highest BCUT2D eigenvalue weighted by Gasteiger charge is 2.34. The number of ether oxygens (including phenoxy) is 1. The van der Waals surface area contributed by atoms with E-state index >= 15 is 0 Å². The van der Waals surface area contributed by atoms with Crippen LogP contribution in [0.3, 0.4) is 0 Å². The number of carbonyl (C=O) groups is 1. The molecule has 138 valence electrons. The molecule has 1 fully saturated rings. The fourth-order valence-electron chi connectivity index (χ4n) is 3.51. The summed E-state index contributed by atoms with van der Waals surface area (Å²) in [5.41, 5.74) is 2.62. The van der Waals surface area contributed by atoms with Crippen molar-refractivity contribution in [1.82, 2.24) is 25.0 Å². The van der Waals surface area contributed by atoms with Gasteiger partial charge in [0.05, 0.1) is 30.0 Å². The summed E-state index contributed by atoms with van der Waals surface area (Å²) in [6, 6.07) is 5.61. The van der Waals surface area contributed by atoms with E-state index < -0.39 is 0 Å². The molecule has 0 radical (unpaired) electrons. The van der Waals surface area contributed by atoms with Crippen molar-refractivity contribution >= 4 is 5.91 Å². The highest BCUT2D eigenvalue weighted by molar-refractivity contribution is 5.95. The van der Waals surface area contributed by atoms with Crippen LogP contribution < -0.4 is 5.32 Å². The van der Waals surface area contributed by atoms with Gasteiger partial charge in [-0.05, 0) is 25.6 Å². The zero-order valence-electron chi connectivity index (χ0n) is 15.3. The third kappa shape index (κ3) is 3.49. The number of aromatic nitrogens is 3. The molecule has 1 saturated heterocycles. The quantitative estimate of drug-likeness (QED) is 0.836. The van der Waals surface area contributed by atoms with Crippen LogP contribution in [-0.4, -0.2) is 57.9 Å². The Morgan fingerprint density at radius 1 is 1.58 bits per heavy atom. The van der Waals surface area contributed by atoms with Gasteiger partial charge in [0.1, 0.15) is 11.8 Å². The maximum atomic E-state index is 12.5. The number of hydrogen-bond donors (Lipinski definition) is 2. The SMILES string of the molecule is CCN1CCO[C@@H](CNC(=O)c2cc(C#N)[nH]c2C)[C@@H]1c1ccnn1C. The van der Waals surface area contributed by atoms with Crippen LogP contribution in [0.25, 0.3) is 0 Å². The number of carbonyl (C=O) groups excluding carboxylic acids is 1. The topological polar surface area (TPSA) is 99.0 Å². The summed E-state index contributed by atoms with van der Waals surface area (Å²) < 4.78 is 7.84. The van der Waals surface area contributed by atoms with Crippen molar-refractivity contribution in [1.29, 1.82) is 5.26 Å². The zero-order chi connectivity index (χ0) is 18.7. The number of H-pyrrole nitrogens is 1. The number of nitrogens with one attached hydrogen (secondary N) is 2. The summed E-state index contributed by atoms with van der Waals surface area (Å²) in [4.78, 5) is 17.8. The van der Waals surface area contributed by atoms with E-state index in [2.05, 4.69) is 27.2 Å². The lowest BCUT2D eigenvalue weighted by Crippen LogP contribution is -2.50. The normalized spacial score (nSPS) is 20.7. The smallest absolute Gasteiger partial charge is 0.253 e. The molecule has 2 aromatic heterocycles. The summed E-state index contributed by atoms with van der Waals surface area (Å²) in [6.07, 6.45) is 1.61. The van der Waals surface area contributed by atoms with Gasteiger partial charge in [-0.1, -0.05) is 6.92 Å². The number of amides is 1. The third-order valence-corrected chi connectivity index (χ3v) is 4.87. The molecule has 0 aliphatic carbocycles.